The predicted octanol–water partition coefficient (Wildman–Crippen LogP) is 7.22. The minimum atomic E-state index is -4.85. The van der Waals surface area contributed by atoms with Crippen molar-refractivity contribution in [2.24, 2.45) is 0 Å². The van der Waals surface area contributed by atoms with Crippen LogP contribution in [0, 0.1) is 25.2 Å². The van der Waals surface area contributed by atoms with E-state index in [-0.39, 0.29) is 12.2 Å². The van der Waals surface area contributed by atoms with Crippen LogP contribution in [0.4, 0.5) is 13.2 Å². The minimum Gasteiger partial charge on any atom is -0.361 e. The lowest BCUT2D eigenvalue weighted by Crippen LogP contribution is -2.29. The second-order valence-electron chi connectivity index (χ2n) is 9.11. The molecule has 0 aliphatic heterocycles. The predicted molar refractivity (Wildman–Crippen MR) is 138 cm³/mol. The number of aryl methyl sites for hydroxylation is 2. The van der Waals surface area contributed by atoms with Crippen molar-refractivity contribution in [2.75, 3.05) is 0 Å². The molecule has 37 heavy (non-hydrogen) atoms. The van der Waals surface area contributed by atoms with Crippen molar-refractivity contribution in [3.05, 3.63) is 117 Å². The Hall–Kier alpha value is -4.57. The molecular weight excluding hydrogens is 475 g/mol. The Morgan fingerprint density at radius 1 is 0.919 bits per heavy atom. The van der Waals surface area contributed by atoms with Gasteiger partial charge in [-0.2, -0.15) is 18.4 Å². The summed E-state index contributed by atoms with van der Waals surface area (Å²) in [7, 11) is 0. The zero-order valence-electron chi connectivity index (χ0n) is 20.1. The Morgan fingerprint density at radius 3 is 2.41 bits per heavy atom. The number of aromatic amines is 1. The largest absolute Gasteiger partial charge is 0.417 e. The van der Waals surface area contributed by atoms with E-state index in [1.54, 1.807) is 18.2 Å². The third-order valence-corrected chi connectivity index (χ3v) is 6.59. The van der Waals surface area contributed by atoms with E-state index < -0.39 is 22.9 Å². The molecule has 0 aliphatic rings. The van der Waals surface area contributed by atoms with Gasteiger partial charge < -0.3 is 9.55 Å². The highest BCUT2D eigenvalue weighted by atomic mass is 19.4. The molecular formula is C30H22F3N3O. The first kappa shape index (κ1) is 24.1. The lowest BCUT2D eigenvalue weighted by atomic mass is 9.98. The van der Waals surface area contributed by atoms with Gasteiger partial charge in [-0.1, -0.05) is 48.0 Å². The van der Waals surface area contributed by atoms with Gasteiger partial charge in [0.2, 0.25) is 0 Å². The van der Waals surface area contributed by atoms with Gasteiger partial charge in [-0.3, -0.25) is 4.79 Å². The summed E-state index contributed by atoms with van der Waals surface area (Å²) in [5.74, 6) is 0. The number of halogens is 3. The molecule has 0 amide bonds. The fourth-order valence-corrected chi connectivity index (χ4v) is 4.66. The smallest absolute Gasteiger partial charge is 0.361 e. The van der Waals surface area contributed by atoms with Crippen LogP contribution in [-0.4, -0.2) is 9.55 Å². The number of nitriles is 1. The second kappa shape index (κ2) is 9.14. The summed E-state index contributed by atoms with van der Waals surface area (Å²) >= 11 is 0. The van der Waals surface area contributed by atoms with Gasteiger partial charge in [0.15, 0.2) is 0 Å². The number of hydrogen-bond donors (Lipinski definition) is 1. The van der Waals surface area contributed by atoms with E-state index in [9.17, 15) is 23.2 Å². The van der Waals surface area contributed by atoms with Crippen LogP contribution in [0.3, 0.4) is 0 Å². The highest BCUT2D eigenvalue weighted by molar-refractivity contribution is 5.85. The van der Waals surface area contributed by atoms with E-state index in [1.807, 2.05) is 68.6 Å². The standard InChI is InChI=1S/C30H22F3N3O/c1-18-6-7-24(19(2)12-18)17-36-28(15-26(30(31,32)33)25(16-34)29(36)37)23-5-3-4-20(14-23)21-8-9-27-22(13-21)10-11-35-27/h3-15,35H,17H2,1-2H3. The van der Waals surface area contributed by atoms with Gasteiger partial charge in [0.1, 0.15) is 11.6 Å². The number of rotatable bonds is 4. The van der Waals surface area contributed by atoms with Crippen LogP contribution in [0.15, 0.2) is 83.8 Å². The van der Waals surface area contributed by atoms with Crippen LogP contribution in [0.2, 0.25) is 0 Å². The second-order valence-corrected chi connectivity index (χ2v) is 9.11. The molecule has 0 spiro atoms. The van der Waals surface area contributed by atoms with Gasteiger partial charge in [0.25, 0.3) is 5.56 Å². The molecule has 0 bridgehead atoms. The van der Waals surface area contributed by atoms with Crippen molar-refractivity contribution in [1.29, 1.82) is 5.26 Å². The van der Waals surface area contributed by atoms with Gasteiger partial charge in [0.05, 0.1) is 17.8 Å². The molecule has 3 aromatic carbocycles. The number of H-pyrrole nitrogens is 1. The lowest BCUT2D eigenvalue weighted by molar-refractivity contribution is -0.137. The molecule has 0 radical (unpaired) electrons. The molecule has 0 aliphatic carbocycles. The number of fused-ring (bicyclic) bond motifs is 1. The summed E-state index contributed by atoms with van der Waals surface area (Å²) in [6.45, 7) is 3.86. The van der Waals surface area contributed by atoms with Gasteiger partial charge in [-0.05, 0) is 77.4 Å². The van der Waals surface area contributed by atoms with Crippen molar-refractivity contribution >= 4 is 10.9 Å². The van der Waals surface area contributed by atoms with Crippen LogP contribution in [0.1, 0.15) is 27.8 Å². The molecule has 4 nitrogen and oxygen atoms in total. The maximum atomic E-state index is 13.9. The molecule has 0 atom stereocenters. The maximum absolute atomic E-state index is 13.9. The van der Waals surface area contributed by atoms with E-state index in [2.05, 4.69) is 4.98 Å². The highest BCUT2D eigenvalue weighted by Crippen LogP contribution is 2.35. The van der Waals surface area contributed by atoms with E-state index >= 15 is 0 Å². The number of hydrogen-bond acceptors (Lipinski definition) is 2. The van der Waals surface area contributed by atoms with Crippen molar-refractivity contribution in [3.63, 3.8) is 0 Å². The van der Waals surface area contributed by atoms with Crippen molar-refractivity contribution in [1.82, 2.24) is 9.55 Å². The zero-order chi connectivity index (χ0) is 26.3. The third kappa shape index (κ3) is 4.54. The normalized spacial score (nSPS) is 11.6. The quantitative estimate of drug-likeness (QED) is 0.285. The average Bonchev–Trinajstić information content (AvgIpc) is 3.34. The van der Waals surface area contributed by atoms with E-state index in [0.29, 0.717) is 5.56 Å². The van der Waals surface area contributed by atoms with Crippen molar-refractivity contribution in [3.8, 4) is 28.5 Å². The molecule has 1 N–H and O–H groups in total. The molecule has 2 aromatic heterocycles. The van der Waals surface area contributed by atoms with E-state index in [0.717, 1.165) is 44.8 Å². The van der Waals surface area contributed by atoms with Crippen LogP contribution < -0.4 is 5.56 Å². The minimum absolute atomic E-state index is 0.0344. The highest BCUT2D eigenvalue weighted by Gasteiger charge is 2.36. The SMILES string of the molecule is Cc1ccc(Cn2c(-c3cccc(-c4ccc5[nH]ccc5c4)c3)cc(C(F)(F)F)c(C#N)c2=O)c(C)c1. The summed E-state index contributed by atoms with van der Waals surface area (Å²) in [4.78, 5) is 16.5. The molecule has 5 rings (SSSR count). The fourth-order valence-electron chi connectivity index (χ4n) is 4.66. The summed E-state index contributed by atoms with van der Waals surface area (Å²) in [5, 5.41) is 10.5. The van der Waals surface area contributed by atoms with Gasteiger partial charge in [-0.25, -0.2) is 0 Å². The molecule has 0 fully saturated rings. The molecule has 184 valence electrons. The molecule has 2 heterocycles. The van der Waals surface area contributed by atoms with Crippen LogP contribution in [0.5, 0.6) is 0 Å². The first-order valence-corrected chi connectivity index (χ1v) is 11.6. The Bertz CT molecular complexity index is 1750. The number of pyridine rings is 1. The summed E-state index contributed by atoms with van der Waals surface area (Å²) in [6.07, 6.45) is -3.01. The van der Waals surface area contributed by atoms with Crippen LogP contribution >= 0.6 is 0 Å². The Kier molecular flexibility index (Phi) is 5.96. The lowest BCUT2D eigenvalue weighted by Gasteiger charge is -2.19. The first-order chi connectivity index (χ1) is 17.7. The number of benzene rings is 3. The van der Waals surface area contributed by atoms with Gasteiger partial charge in [-0.15, -0.1) is 0 Å². The van der Waals surface area contributed by atoms with Gasteiger partial charge >= 0.3 is 6.18 Å². The van der Waals surface area contributed by atoms with Crippen molar-refractivity contribution < 1.29 is 13.2 Å². The third-order valence-electron chi connectivity index (χ3n) is 6.59. The Balaban J connectivity index is 1.73. The van der Waals surface area contributed by atoms with Crippen LogP contribution in [0.25, 0.3) is 33.3 Å². The summed E-state index contributed by atoms with van der Waals surface area (Å²) in [5.41, 5.74) is 2.83. The zero-order valence-corrected chi connectivity index (χ0v) is 20.1. The van der Waals surface area contributed by atoms with Crippen molar-refractivity contribution in [2.45, 2.75) is 26.6 Å². The number of nitrogens with zero attached hydrogens (tertiary/aromatic N) is 2. The number of alkyl halides is 3. The first-order valence-electron chi connectivity index (χ1n) is 11.6. The fraction of sp³-hybridized carbons (Fsp3) is 0.133. The molecule has 0 unspecified atom stereocenters. The van der Waals surface area contributed by atoms with Gasteiger partial charge in [0, 0.05) is 11.7 Å². The van der Waals surface area contributed by atoms with E-state index in [1.165, 1.54) is 10.6 Å². The molecule has 7 heteroatoms. The summed E-state index contributed by atoms with van der Waals surface area (Å²) in [6, 6.07) is 23.0. The monoisotopic (exact) mass is 497 g/mol. The molecule has 0 saturated heterocycles. The number of nitrogens with one attached hydrogen (secondary N) is 1. The van der Waals surface area contributed by atoms with E-state index in [4.69, 9.17) is 0 Å². The molecule has 0 saturated carbocycles. The van der Waals surface area contributed by atoms with Crippen LogP contribution in [-0.2, 0) is 12.7 Å². The molecule has 5 aromatic rings. The Morgan fingerprint density at radius 2 is 1.68 bits per heavy atom. The maximum Gasteiger partial charge on any atom is 0.417 e. The number of aromatic nitrogens is 2. The average molecular weight is 498 g/mol. The topological polar surface area (TPSA) is 61.6 Å². The Labute approximate surface area is 211 Å². The summed E-state index contributed by atoms with van der Waals surface area (Å²) < 4.78 is 43.1.